The van der Waals surface area contributed by atoms with Gasteiger partial charge in [-0.05, 0) is 37.5 Å². The molecule has 1 fully saturated rings. The number of hydrogen-bond donors (Lipinski definition) is 3. The molecule has 0 bridgehead atoms. The van der Waals surface area contributed by atoms with Crippen LogP contribution in [0.3, 0.4) is 0 Å². The quantitative estimate of drug-likeness (QED) is 0.607. The zero-order chi connectivity index (χ0) is 17.4. The molecule has 6 nitrogen and oxygen atoms in total. The average Bonchev–Trinajstić information content (AvgIpc) is 2.90. The van der Waals surface area contributed by atoms with Crippen molar-refractivity contribution in [2.45, 2.75) is 57.7 Å². The standard InChI is InChI=1S/C18H27N3O3/c1-13-16(21-18(23)20-13)6-4-3-5-7-17(22)19-12-14-8-10-15(24-2)11-9-14/h8-11,13,16H,3-7,12H2,1-2H3,(H,19,22)(H2,20,21,23). The van der Waals surface area contributed by atoms with Crippen molar-refractivity contribution < 1.29 is 14.3 Å². The first kappa shape index (κ1) is 18.1. The molecular formula is C18H27N3O3. The van der Waals surface area contributed by atoms with E-state index < -0.39 is 0 Å². The third kappa shape index (κ3) is 5.76. The van der Waals surface area contributed by atoms with Gasteiger partial charge in [-0.1, -0.05) is 25.0 Å². The van der Waals surface area contributed by atoms with Crippen LogP contribution in [0.4, 0.5) is 4.79 Å². The minimum Gasteiger partial charge on any atom is -0.497 e. The Morgan fingerprint density at radius 2 is 1.92 bits per heavy atom. The summed E-state index contributed by atoms with van der Waals surface area (Å²) in [5.74, 6) is 0.892. The maximum atomic E-state index is 11.9. The van der Waals surface area contributed by atoms with E-state index in [4.69, 9.17) is 4.74 Å². The van der Waals surface area contributed by atoms with Crippen LogP contribution in [0.2, 0.25) is 0 Å². The third-order valence-corrected chi connectivity index (χ3v) is 4.35. The zero-order valence-corrected chi connectivity index (χ0v) is 14.4. The van der Waals surface area contributed by atoms with Gasteiger partial charge in [-0.2, -0.15) is 0 Å². The van der Waals surface area contributed by atoms with E-state index in [2.05, 4.69) is 16.0 Å². The van der Waals surface area contributed by atoms with Crippen LogP contribution in [0.25, 0.3) is 0 Å². The second kappa shape index (κ2) is 9.15. The molecule has 132 valence electrons. The van der Waals surface area contributed by atoms with Gasteiger partial charge in [0.2, 0.25) is 5.91 Å². The molecule has 6 heteroatoms. The van der Waals surface area contributed by atoms with Crippen LogP contribution in [0, 0.1) is 0 Å². The number of hydrogen-bond acceptors (Lipinski definition) is 3. The highest BCUT2D eigenvalue weighted by Crippen LogP contribution is 2.12. The first-order valence-electron chi connectivity index (χ1n) is 8.55. The summed E-state index contributed by atoms with van der Waals surface area (Å²) >= 11 is 0. The Bertz CT molecular complexity index is 545. The van der Waals surface area contributed by atoms with Gasteiger partial charge < -0.3 is 20.7 Å². The van der Waals surface area contributed by atoms with Crippen molar-refractivity contribution in [2.24, 2.45) is 0 Å². The second-order valence-electron chi connectivity index (χ2n) is 6.24. The molecular weight excluding hydrogens is 306 g/mol. The van der Waals surface area contributed by atoms with E-state index in [1.165, 1.54) is 0 Å². The minimum absolute atomic E-state index is 0.0783. The molecule has 0 saturated carbocycles. The summed E-state index contributed by atoms with van der Waals surface area (Å²) in [5.41, 5.74) is 1.06. The fourth-order valence-corrected chi connectivity index (χ4v) is 2.82. The van der Waals surface area contributed by atoms with E-state index in [1.54, 1.807) is 7.11 Å². The van der Waals surface area contributed by atoms with Gasteiger partial charge in [0.25, 0.3) is 0 Å². The highest BCUT2D eigenvalue weighted by molar-refractivity contribution is 5.77. The van der Waals surface area contributed by atoms with E-state index in [9.17, 15) is 9.59 Å². The summed E-state index contributed by atoms with van der Waals surface area (Å²) in [4.78, 5) is 23.0. The summed E-state index contributed by atoms with van der Waals surface area (Å²) in [5, 5.41) is 8.69. The third-order valence-electron chi connectivity index (χ3n) is 4.35. The molecule has 1 saturated heterocycles. The van der Waals surface area contributed by atoms with Crippen LogP contribution >= 0.6 is 0 Å². The van der Waals surface area contributed by atoms with Gasteiger partial charge >= 0.3 is 6.03 Å². The first-order chi connectivity index (χ1) is 11.6. The van der Waals surface area contributed by atoms with Crippen molar-refractivity contribution in [1.82, 2.24) is 16.0 Å². The van der Waals surface area contributed by atoms with Gasteiger partial charge in [-0.3, -0.25) is 4.79 Å². The first-order valence-corrected chi connectivity index (χ1v) is 8.55. The molecule has 0 aliphatic carbocycles. The normalized spacial score (nSPS) is 19.5. The Balaban J connectivity index is 1.54. The summed E-state index contributed by atoms with van der Waals surface area (Å²) in [6.07, 6.45) is 4.38. The summed E-state index contributed by atoms with van der Waals surface area (Å²) < 4.78 is 5.11. The molecule has 2 unspecified atom stereocenters. The van der Waals surface area contributed by atoms with Crippen molar-refractivity contribution in [1.29, 1.82) is 0 Å². The number of urea groups is 1. The topological polar surface area (TPSA) is 79.5 Å². The predicted molar refractivity (Wildman–Crippen MR) is 92.8 cm³/mol. The molecule has 24 heavy (non-hydrogen) atoms. The van der Waals surface area contributed by atoms with Crippen LogP contribution in [-0.2, 0) is 11.3 Å². The van der Waals surface area contributed by atoms with E-state index in [0.29, 0.717) is 13.0 Å². The van der Waals surface area contributed by atoms with Gasteiger partial charge in [0.1, 0.15) is 5.75 Å². The monoisotopic (exact) mass is 333 g/mol. The molecule has 1 aromatic carbocycles. The lowest BCUT2D eigenvalue weighted by Gasteiger charge is -2.13. The van der Waals surface area contributed by atoms with Crippen LogP contribution in [0.1, 0.15) is 44.6 Å². The summed E-state index contributed by atoms with van der Waals surface area (Å²) in [6, 6.07) is 7.99. The smallest absolute Gasteiger partial charge is 0.315 e. The lowest BCUT2D eigenvalue weighted by atomic mass is 10.0. The largest absolute Gasteiger partial charge is 0.497 e. The van der Waals surface area contributed by atoms with Gasteiger partial charge in [0, 0.05) is 19.0 Å². The van der Waals surface area contributed by atoms with Crippen LogP contribution in [0.5, 0.6) is 5.75 Å². The molecule has 1 heterocycles. The maximum Gasteiger partial charge on any atom is 0.315 e. The molecule has 1 aliphatic rings. The number of carbonyl (C=O) groups is 2. The number of carbonyl (C=O) groups excluding carboxylic acids is 2. The van der Waals surface area contributed by atoms with Crippen molar-refractivity contribution in [3.63, 3.8) is 0 Å². The number of ether oxygens (including phenoxy) is 1. The number of benzene rings is 1. The highest BCUT2D eigenvalue weighted by Gasteiger charge is 2.26. The number of amides is 3. The summed E-state index contributed by atoms with van der Waals surface area (Å²) in [6.45, 7) is 2.55. The average molecular weight is 333 g/mol. The fourth-order valence-electron chi connectivity index (χ4n) is 2.82. The number of methoxy groups -OCH3 is 1. The van der Waals surface area contributed by atoms with E-state index in [-0.39, 0.29) is 24.0 Å². The summed E-state index contributed by atoms with van der Waals surface area (Å²) in [7, 11) is 1.63. The molecule has 2 rings (SSSR count). The molecule has 3 N–H and O–H groups in total. The molecule has 0 radical (unpaired) electrons. The lowest BCUT2D eigenvalue weighted by Crippen LogP contribution is -2.30. The van der Waals surface area contributed by atoms with Gasteiger partial charge in [0.05, 0.1) is 13.2 Å². The van der Waals surface area contributed by atoms with Crippen molar-refractivity contribution in [2.75, 3.05) is 7.11 Å². The van der Waals surface area contributed by atoms with Gasteiger partial charge in [-0.15, -0.1) is 0 Å². The molecule has 1 aliphatic heterocycles. The second-order valence-corrected chi connectivity index (χ2v) is 6.24. The lowest BCUT2D eigenvalue weighted by molar-refractivity contribution is -0.121. The van der Waals surface area contributed by atoms with Gasteiger partial charge in [-0.25, -0.2) is 4.79 Å². The minimum atomic E-state index is -0.0783. The van der Waals surface area contributed by atoms with Crippen LogP contribution in [-0.4, -0.2) is 31.1 Å². The molecule has 3 amide bonds. The molecule has 0 spiro atoms. The van der Waals surface area contributed by atoms with Crippen LogP contribution < -0.4 is 20.7 Å². The SMILES string of the molecule is COc1ccc(CNC(=O)CCCCCC2NC(=O)NC2C)cc1. The molecule has 2 atom stereocenters. The number of nitrogens with one attached hydrogen (secondary N) is 3. The zero-order valence-electron chi connectivity index (χ0n) is 14.4. The van der Waals surface area contributed by atoms with Crippen molar-refractivity contribution in [3.05, 3.63) is 29.8 Å². The van der Waals surface area contributed by atoms with E-state index in [1.807, 2.05) is 31.2 Å². The van der Waals surface area contributed by atoms with Crippen LogP contribution in [0.15, 0.2) is 24.3 Å². The van der Waals surface area contributed by atoms with Crippen molar-refractivity contribution >= 4 is 11.9 Å². The fraction of sp³-hybridized carbons (Fsp3) is 0.556. The van der Waals surface area contributed by atoms with E-state index in [0.717, 1.165) is 37.0 Å². The maximum absolute atomic E-state index is 11.9. The Hall–Kier alpha value is -2.24. The molecule has 0 aromatic heterocycles. The Labute approximate surface area is 143 Å². The number of rotatable bonds is 9. The number of unbranched alkanes of at least 4 members (excludes halogenated alkanes) is 2. The predicted octanol–water partition coefficient (Wildman–Crippen LogP) is 2.33. The Morgan fingerprint density at radius 1 is 1.17 bits per heavy atom. The van der Waals surface area contributed by atoms with E-state index >= 15 is 0 Å². The van der Waals surface area contributed by atoms with Crippen molar-refractivity contribution in [3.8, 4) is 5.75 Å². The Kier molecular flexibility index (Phi) is 6.90. The Morgan fingerprint density at radius 3 is 2.54 bits per heavy atom. The molecule has 1 aromatic rings. The van der Waals surface area contributed by atoms with Gasteiger partial charge in [0.15, 0.2) is 0 Å². The highest BCUT2D eigenvalue weighted by atomic mass is 16.5.